The lowest BCUT2D eigenvalue weighted by molar-refractivity contribution is -0.144. The van der Waals surface area contributed by atoms with E-state index in [1.165, 1.54) is 7.11 Å². The Kier molecular flexibility index (Phi) is 6.68. The van der Waals surface area contributed by atoms with E-state index < -0.39 is 12.0 Å². The molecule has 4 rings (SSSR count). The Bertz CT molecular complexity index is 1170. The van der Waals surface area contributed by atoms with Gasteiger partial charge < -0.3 is 23.8 Å². The van der Waals surface area contributed by atoms with E-state index in [0.717, 1.165) is 21.9 Å². The number of nitrogens with zero attached hydrogens (tertiary/aromatic N) is 1. The van der Waals surface area contributed by atoms with Gasteiger partial charge in [-0.25, -0.2) is 0 Å². The maximum absolute atomic E-state index is 13.2. The van der Waals surface area contributed by atoms with Crippen molar-refractivity contribution in [3.8, 4) is 17.2 Å². The van der Waals surface area contributed by atoms with Crippen molar-refractivity contribution in [3.63, 3.8) is 0 Å². The monoisotopic (exact) mass is 449 g/mol. The Labute approximate surface area is 192 Å². The summed E-state index contributed by atoms with van der Waals surface area (Å²) in [4.78, 5) is 27.1. The van der Waals surface area contributed by atoms with Crippen molar-refractivity contribution in [3.05, 3.63) is 65.7 Å². The molecule has 0 aromatic heterocycles. The quantitative estimate of drug-likeness (QED) is 0.509. The molecule has 0 unspecified atom stereocenters. The van der Waals surface area contributed by atoms with Gasteiger partial charge in [0.1, 0.15) is 5.75 Å². The molecular weight excluding hydrogens is 422 g/mol. The maximum Gasteiger partial charge on any atom is 0.307 e. The summed E-state index contributed by atoms with van der Waals surface area (Å²) in [6.45, 7) is 0.336. The molecule has 1 amide bonds. The Morgan fingerprint density at radius 3 is 2.39 bits per heavy atom. The van der Waals surface area contributed by atoms with E-state index in [1.807, 2.05) is 54.6 Å². The second-order valence-corrected chi connectivity index (χ2v) is 7.84. The van der Waals surface area contributed by atoms with E-state index in [2.05, 4.69) is 0 Å². The van der Waals surface area contributed by atoms with Crippen molar-refractivity contribution in [2.45, 2.75) is 18.9 Å². The first kappa shape index (κ1) is 22.5. The van der Waals surface area contributed by atoms with Gasteiger partial charge in [-0.1, -0.05) is 30.3 Å². The zero-order valence-electron chi connectivity index (χ0n) is 19.0. The standard InChI is InChI=1S/C26H27NO6/c1-30-23-13-19-10-11-27(22(15-26(29)32-3)21(19)14-24(23)31-2)25(28)16-33-20-9-8-17-6-4-5-7-18(17)12-20/h4-9,12-14,22H,10-11,15-16H2,1-3H3/t22-/m1/s1. The van der Waals surface area contributed by atoms with Gasteiger partial charge in [-0.15, -0.1) is 0 Å². The van der Waals surface area contributed by atoms with Gasteiger partial charge in [0, 0.05) is 6.54 Å². The molecule has 1 atom stereocenters. The van der Waals surface area contributed by atoms with Crippen LogP contribution in [0.3, 0.4) is 0 Å². The van der Waals surface area contributed by atoms with Crippen molar-refractivity contribution in [1.82, 2.24) is 4.90 Å². The predicted molar refractivity (Wildman–Crippen MR) is 124 cm³/mol. The number of esters is 1. The molecule has 1 aliphatic rings. The average molecular weight is 450 g/mol. The van der Waals surface area contributed by atoms with E-state index in [9.17, 15) is 9.59 Å². The largest absolute Gasteiger partial charge is 0.493 e. The summed E-state index contributed by atoms with van der Waals surface area (Å²) in [6.07, 6.45) is 0.676. The number of ether oxygens (including phenoxy) is 4. The van der Waals surface area contributed by atoms with Gasteiger partial charge in [0.15, 0.2) is 18.1 Å². The third-order valence-corrected chi connectivity index (χ3v) is 5.99. The molecule has 0 N–H and O–H groups in total. The highest BCUT2D eigenvalue weighted by atomic mass is 16.5. The molecule has 3 aromatic rings. The van der Waals surface area contributed by atoms with Crippen molar-refractivity contribution in [2.75, 3.05) is 34.5 Å². The van der Waals surface area contributed by atoms with Crippen molar-refractivity contribution in [1.29, 1.82) is 0 Å². The smallest absolute Gasteiger partial charge is 0.307 e. The molecule has 33 heavy (non-hydrogen) atoms. The lowest BCUT2D eigenvalue weighted by Crippen LogP contribution is -2.43. The van der Waals surface area contributed by atoms with Crippen LogP contribution < -0.4 is 14.2 Å². The number of benzene rings is 3. The molecule has 1 aliphatic heterocycles. The van der Waals surface area contributed by atoms with Crippen LogP contribution in [0.4, 0.5) is 0 Å². The van der Waals surface area contributed by atoms with E-state index in [0.29, 0.717) is 30.2 Å². The molecule has 0 saturated carbocycles. The second-order valence-electron chi connectivity index (χ2n) is 7.84. The minimum atomic E-state index is -0.478. The molecule has 1 heterocycles. The summed E-state index contributed by atoms with van der Waals surface area (Å²) in [7, 11) is 4.48. The maximum atomic E-state index is 13.2. The van der Waals surface area contributed by atoms with E-state index in [4.69, 9.17) is 18.9 Å². The van der Waals surface area contributed by atoms with Gasteiger partial charge in [0.25, 0.3) is 5.91 Å². The van der Waals surface area contributed by atoms with Crippen LogP contribution in [-0.4, -0.2) is 51.3 Å². The van der Waals surface area contributed by atoms with Crippen LogP contribution in [0.1, 0.15) is 23.6 Å². The SMILES string of the molecule is COC(=O)C[C@@H]1c2cc(OC)c(OC)cc2CCN1C(=O)COc1ccc2ccccc2c1. The third kappa shape index (κ3) is 4.72. The molecule has 0 fully saturated rings. The number of fused-ring (bicyclic) bond motifs is 2. The Morgan fingerprint density at radius 1 is 0.939 bits per heavy atom. The summed E-state index contributed by atoms with van der Waals surface area (Å²) >= 11 is 0. The van der Waals surface area contributed by atoms with Gasteiger partial charge in [-0.05, 0) is 52.6 Å². The van der Waals surface area contributed by atoms with Crippen LogP contribution in [0.5, 0.6) is 17.2 Å². The number of hydrogen-bond donors (Lipinski definition) is 0. The number of methoxy groups -OCH3 is 3. The molecule has 0 saturated heterocycles. The van der Waals surface area contributed by atoms with E-state index >= 15 is 0 Å². The molecule has 3 aromatic carbocycles. The molecule has 0 aliphatic carbocycles. The van der Waals surface area contributed by atoms with E-state index in [1.54, 1.807) is 19.1 Å². The summed E-state index contributed by atoms with van der Waals surface area (Å²) < 4.78 is 21.6. The lowest BCUT2D eigenvalue weighted by atomic mass is 9.90. The number of hydrogen-bond acceptors (Lipinski definition) is 6. The highest BCUT2D eigenvalue weighted by Crippen LogP contribution is 2.39. The summed E-state index contributed by atoms with van der Waals surface area (Å²) in [6, 6.07) is 17.0. The zero-order valence-corrected chi connectivity index (χ0v) is 19.0. The molecule has 0 radical (unpaired) electrons. The molecule has 0 bridgehead atoms. The number of carbonyl (C=O) groups is 2. The first-order valence-electron chi connectivity index (χ1n) is 10.8. The van der Waals surface area contributed by atoms with E-state index in [-0.39, 0.29) is 18.9 Å². The predicted octanol–water partition coefficient (Wildman–Crippen LogP) is 3.92. The van der Waals surface area contributed by atoms with Crippen LogP contribution in [0.25, 0.3) is 10.8 Å². The van der Waals surface area contributed by atoms with Gasteiger partial charge in [0.2, 0.25) is 0 Å². The molecule has 0 spiro atoms. The Balaban J connectivity index is 1.57. The fourth-order valence-corrected chi connectivity index (χ4v) is 4.27. The van der Waals surface area contributed by atoms with Crippen LogP contribution in [0, 0.1) is 0 Å². The molecule has 7 heteroatoms. The van der Waals surface area contributed by atoms with Gasteiger partial charge in [-0.2, -0.15) is 0 Å². The van der Waals surface area contributed by atoms with Gasteiger partial charge in [-0.3, -0.25) is 9.59 Å². The van der Waals surface area contributed by atoms with Crippen molar-refractivity contribution in [2.24, 2.45) is 0 Å². The van der Waals surface area contributed by atoms with Crippen LogP contribution >= 0.6 is 0 Å². The topological polar surface area (TPSA) is 74.3 Å². The first-order chi connectivity index (χ1) is 16.0. The number of rotatable bonds is 7. The first-order valence-corrected chi connectivity index (χ1v) is 10.8. The molecule has 7 nitrogen and oxygen atoms in total. The lowest BCUT2D eigenvalue weighted by Gasteiger charge is -2.37. The van der Waals surface area contributed by atoms with Crippen molar-refractivity contribution < 1.29 is 28.5 Å². The number of carbonyl (C=O) groups excluding carboxylic acids is 2. The molecule has 172 valence electrons. The minimum absolute atomic E-state index is 0.0424. The Morgan fingerprint density at radius 2 is 1.67 bits per heavy atom. The minimum Gasteiger partial charge on any atom is -0.493 e. The second kappa shape index (κ2) is 9.81. The van der Waals surface area contributed by atoms with Gasteiger partial charge >= 0.3 is 5.97 Å². The van der Waals surface area contributed by atoms with Gasteiger partial charge in [0.05, 0.1) is 33.8 Å². The molecular formula is C26H27NO6. The normalized spacial score (nSPS) is 15.0. The Hall–Kier alpha value is -3.74. The highest BCUT2D eigenvalue weighted by Gasteiger charge is 2.34. The third-order valence-electron chi connectivity index (χ3n) is 5.99. The average Bonchev–Trinajstić information content (AvgIpc) is 2.86. The van der Waals surface area contributed by atoms with Crippen LogP contribution in [0.15, 0.2) is 54.6 Å². The summed E-state index contributed by atoms with van der Waals surface area (Å²) in [5.41, 5.74) is 1.87. The van der Waals surface area contributed by atoms with Crippen LogP contribution in [-0.2, 0) is 20.7 Å². The fourth-order valence-electron chi connectivity index (χ4n) is 4.27. The highest BCUT2D eigenvalue weighted by molar-refractivity contribution is 5.84. The zero-order chi connectivity index (χ0) is 23.4. The van der Waals surface area contributed by atoms with Crippen molar-refractivity contribution >= 4 is 22.6 Å². The fraction of sp³-hybridized carbons (Fsp3) is 0.308. The summed E-state index contributed by atoms with van der Waals surface area (Å²) in [5, 5.41) is 2.14. The summed E-state index contributed by atoms with van der Waals surface area (Å²) in [5.74, 6) is 1.20. The number of amides is 1. The van der Waals surface area contributed by atoms with Crippen LogP contribution in [0.2, 0.25) is 0 Å².